The van der Waals surface area contributed by atoms with E-state index in [0.29, 0.717) is 24.3 Å². The first-order chi connectivity index (χ1) is 20.4. The molecule has 0 aromatic heterocycles. The van der Waals surface area contributed by atoms with E-state index >= 15 is 0 Å². The number of nitrogens with one attached hydrogen (secondary N) is 1. The number of amides is 2. The number of likely N-dealkylation sites (tertiary alicyclic amines) is 1. The van der Waals surface area contributed by atoms with E-state index in [-0.39, 0.29) is 29.9 Å². The van der Waals surface area contributed by atoms with Crippen molar-refractivity contribution in [1.29, 1.82) is 0 Å². The van der Waals surface area contributed by atoms with Crippen molar-refractivity contribution in [3.8, 4) is 5.75 Å². The molecule has 0 spiro atoms. The van der Waals surface area contributed by atoms with Crippen molar-refractivity contribution >= 4 is 11.8 Å². The van der Waals surface area contributed by atoms with Crippen LogP contribution in [-0.2, 0) is 17.8 Å². The lowest BCUT2D eigenvalue weighted by Gasteiger charge is -2.30. The van der Waals surface area contributed by atoms with Gasteiger partial charge in [-0.05, 0) is 80.3 Å². The molecule has 2 aliphatic rings. The largest absolute Gasteiger partial charge is 0.497 e. The summed E-state index contributed by atoms with van der Waals surface area (Å²) in [6.45, 7) is 4.23. The number of benzene rings is 3. The Balaban J connectivity index is 1.40. The summed E-state index contributed by atoms with van der Waals surface area (Å²) in [6, 6.07) is 26.0. The van der Waals surface area contributed by atoms with Crippen molar-refractivity contribution in [2.75, 3.05) is 20.2 Å². The molecule has 0 bridgehead atoms. The molecule has 1 aliphatic heterocycles. The first kappa shape index (κ1) is 29.8. The van der Waals surface area contributed by atoms with Crippen molar-refractivity contribution in [3.05, 3.63) is 101 Å². The number of nitrogens with two attached hydrogens (primary N) is 1. The zero-order valence-electron chi connectivity index (χ0n) is 24.9. The molecule has 2 amide bonds. The lowest BCUT2D eigenvalue weighted by Crippen LogP contribution is -2.50. The molecule has 7 heteroatoms. The Hall–Kier alpha value is -3.68. The number of carbonyl (C=O) groups excluding carboxylic acids is 2. The fourth-order valence-electron chi connectivity index (χ4n) is 6.35. The van der Waals surface area contributed by atoms with Crippen molar-refractivity contribution < 1.29 is 14.3 Å². The SMILES string of the molecule is COc1cccc(C(=O)N2CC(N(CCc3ccccc3)Cc3ccccc3C)CC2C(=O)NC2CCC(N)CC2)c1. The molecule has 222 valence electrons. The summed E-state index contributed by atoms with van der Waals surface area (Å²) < 4.78 is 5.39. The Bertz CT molecular complexity index is 1340. The Kier molecular flexibility index (Phi) is 9.93. The van der Waals surface area contributed by atoms with E-state index in [0.717, 1.165) is 45.2 Å². The Morgan fingerprint density at radius 1 is 0.976 bits per heavy atom. The molecular formula is C35H44N4O3. The van der Waals surface area contributed by atoms with Gasteiger partial charge in [-0.1, -0.05) is 60.7 Å². The molecular weight excluding hydrogens is 524 g/mol. The minimum Gasteiger partial charge on any atom is -0.497 e. The maximum atomic E-state index is 14.0. The van der Waals surface area contributed by atoms with Crippen LogP contribution in [-0.4, -0.2) is 66.0 Å². The highest BCUT2D eigenvalue weighted by molar-refractivity contribution is 5.98. The molecule has 1 aliphatic carbocycles. The third-order valence-corrected chi connectivity index (χ3v) is 8.96. The summed E-state index contributed by atoms with van der Waals surface area (Å²) in [5.41, 5.74) is 10.4. The van der Waals surface area contributed by atoms with Crippen LogP contribution in [0.25, 0.3) is 0 Å². The second-order valence-electron chi connectivity index (χ2n) is 11.8. The van der Waals surface area contributed by atoms with Crippen LogP contribution in [0.5, 0.6) is 5.75 Å². The van der Waals surface area contributed by atoms with Crippen LogP contribution in [0.3, 0.4) is 0 Å². The number of aryl methyl sites for hydroxylation is 1. The Morgan fingerprint density at radius 3 is 2.45 bits per heavy atom. The normalized spacial score (nSPS) is 22.2. The summed E-state index contributed by atoms with van der Waals surface area (Å²) in [7, 11) is 1.60. The molecule has 3 N–H and O–H groups in total. The number of rotatable bonds is 10. The maximum Gasteiger partial charge on any atom is 0.254 e. The van der Waals surface area contributed by atoms with Gasteiger partial charge in [0.1, 0.15) is 11.8 Å². The van der Waals surface area contributed by atoms with Crippen molar-refractivity contribution in [3.63, 3.8) is 0 Å². The summed E-state index contributed by atoms with van der Waals surface area (Å²) in [6.07, 6.45) is 5.07. The molecule has 2 fully saturated rings. The standard InChI is InChI=1S/C35H44N4O3/c1-25-9-6-7-12-28(25)23-38(20-19-26-10-4-3-5-11-26)31-22-33(34(40)37-30-17-15-29(36)16-18-30)39(24-31)35(41)27-13-8-14-32(21-27)42-2/h3-14,21,29-31,33H,15-20,22-24,36H2,1-2H3,(H,37,40). The summed E-state index contributed by atoms with van der Waals surface area (Å²) in [4.78, 5) is 32.1. The molecule has 1 heterocycles. The van der Waals surface area contributed by atoms with Gasteiger partial charge in [0.2, 0.25) is 5.91 Å². The maximum absolute atomic E-state index is 14.0. The monoisotopic (exact) mass is 568 g/mol. The Labute approximate surface area is 250 Å². The number of ether oxygens (including phenoxy) is 1. The third kappa shape index (κ3) is 7.39. The molecule has 2 atom stereocenters. The number of carbonyl (C=O) groups is 2. The van der Waals surface area contributed by atoms with Gasteiger partial charge in [0.05, 0.1) is 7.11 Å². The highest BCUT2D eigenvalue weighted by Gasteiger charge is 2.42. The number of hydrogen-bond donors (Lipinski definition) is 2. The zero-order chi connectivity index (χ0) is 29.5. The topological polar surface area (TPSA) is 87.9 Å². The van der Waals surface area contributed by atoms with Crippen molar-refractivity contribution in [2.24, 2.45) is 5.73 Å². The van der Waals surface area contributed by atoms with E-state index in [1.54, 1.807) is 24.1 Å². The zero-order valence-corrected chi connectivity index (χ0v) is 24.9. The predicted molar refractivity (Wildman–Crippen MR) is 166 cm³/mol. The van der Waals surface area contributed by atoms with Gasteiger partial charge in [-0.15, -0.1) is 0 Å². The molecule has 2 unspecified atom stereocenters. The Morgan fingerprint density at radius 2 is 1.71 bits per heavy atom. The molecule has 0 radical (unpaired) electrons. The van der Waals surface area contributed by atoms with E-state index in [1.165, 1.54) is 16.7 Å². The van der Waals surface area contributed by atoms with Gasteiger partial charge in [0.25, 0.3) is 5.91 Å². The summed E-state index contributed by atoms with van der Waals surface area (Å²) >= 11 is 0. The minimum atomic E-state index is -0.541. The number of hydrogen-bond acceptors (Lipinski definition) is 5. The molecule has 42 heavy (non-hydrogen) atoms. The van der Waals surface area contributed by atoms with Crippen LogP contribution < -0.4 is 15.8 Å². The van der Waals surface area contributed by atoms with Gasteiger partial charge in [-0.2, -0.15) is 0 Å². The minimum absolute atomic E-state index is 0.0402. The first-order valence-corrected chi connectivity index (χ1v) is 15.2. The number of methoxy groups -OCH3 is 1. The van der Waals surface area contributed by atoms with Gasteiger partial charge in [-0.25, -0.2) is 0 Å². The van der Waals surface area contributed by atoms with E-state index in [9.17, 15) is 9.59 Å². The van der Waals surface area contributed by atoms with Crippen LogP contribution >= 0.6 is 0 Å². The molecule has 5 rings (SSSR count). The van der Waals surface area contributed by atoms with Crippen LogP contribution in [0.2, 0.25) is 0 Å². The van der Waals surface area contributed by atoms with E-state index < -0.39 is 6.04 Å². The molecule has 3 aromatic carbocycles. The van der Waals surface area contributed by atoms with Gasteiger partial charge >= 0.3 is 0 Å². The van der Waals surface area contributed by atoms with Gasteiger partial charge in [-0.3, -0.25) is 14.5 Å². The fourth-order valence-corrected chi connectivity index (χ4v) is 6.35. The average molecular weight is 569 g/mol. The lowest BCUT2D eigenvalue weighted by atomic mass is 9.91. The quantitative estimate of drug-likeness (QED) is 0.370. The van der Waals surface area contributed by atoms with Crippen molar-refractivity contribution in [2.45, 2.75) is 76.2 Å². The lowest BCUT2D eigenvalue weighted by molar-refractivity contribution is -0.125. The third-order valence-electron chi connectivity index (χ3n) is 8.96. The molecule has 1 saturated carbocycles. The average Bonchev–Trinajstić information content (AvgIpc) is 3.47. The number of nitrogens with zero attached hydrogens (tertiary/aromatic N) is 2. The van der Waals surface area contributed by atoms with Gasteiger partial charge < -0.3 is 20.7 Å². The smallest absolute Gasteiger partial charge is 0.254 e. The molecule has 3 aromatic rings. The second-order valence-corrected chi connectivity index (χ2v) is 11.8. The second kappa shape index (κ2) is 14.0. The molecule has 1 saturated heterocycles. The first-order valence-electron chi connectivity index (χ1n) is 15.2. The highest BCUT2D eigenvalue weighted by atomic mass is 16.5. The van der Waals surface area contributed by atoms with Crippen molar-refractivity contribution in [1.82, 2.24) is 15.1 Å². The van der Waals surface area contributed by atoms with Gasteiger partial charge in [0.15, 0.2) is 0 Å². The van der Waals surface area contributed by atoms with E-state index in [4.69, 9.17) is 10.5 Å². The van der Waals surface area contributed by atoms with Crippen LogP contribution in [0.1, 0.15) is 59.2 Å². The van der Waals surface area contributed by atoms with E-state index in [2.05, 4.69) is 65.7 Å². The van der Waals surface area contributed by atoms with Crippen LogP contribution in [0.15, 0.2) is 78.9 Å². The van der Waals surface area contributed by atoms with E-state index in [1.807, 2.05) is 18.2 Å². The van der Waals surface area contributed by atoms with Crippen LogP contribution in [0, 0.1) is 6.92 Å². The van der Waals surface area contributed by atoms with Gasteiger partial charge in [0, 0.05) is 43.3 Å². The fraction of sp³-hybridized carbons (Fsp3) is 0.429. The molecule has 7 nitrogen and oxygen atoms in total. The summed E-state index contributed by atoms with van der Waals surface area (Å²) in [5.74, 6) is 0.425. The summed E-state index contributed by atoms with van der Waals surface area (Å²) in [5, 5.41) is 3.28. The predicted octanol–water partition coefficient (Wildman–Crippen LogP) is 4.72. The van der Waals surface area contributed by atoms with Crippen LogP contribution in [0.4, 0.5) is 0 Å². The highest BCUT2D eigenvalue weighted by Crippen LogP contribution is 2.28.